The summed E-state index contributed by atoms with van der Waals surface area (Å²) in [5, 5.41) is 10.1. The molecular formula is C14H25NO6. The van der Waals surface area contributed by atoms with Crippen LogP contribution in [-0.4, -0.2) is 46.8 Å². The summed E-state index contributed by atoms with van der Waals surface area (Å²) in [5.41, 5.74) is -1.95. The van der Waals surface area contributed by atoms with E-state index in [4.69, 9.17) is 9.47 Å². The van der Waals surface area contributed by atoms with E-state index >= 15 is 0 Å². The first kappa shape index (κ1) is 19.4. The molecule has 0 heterocycles. The van der Waals surface area contributed by atoms with Gasteiger partial charge in [0.15, 0.2) is 0 Å². The Hall–Kier alpha value is -1.60. The lowest BCUT2D eigenvalue weighted by Crippen LogP contribution is -2.48. The fraction of sp³-hybridized carbons (Fsp3) is 0.714. The first-order valence-electron chi connectivity index (χ1n) is 6.44. The number of hydrogen-bond acceptors (Lipinski definition) is 6. The monoisotopic (exact) mass is 303 g/mol. The van der Waals surface area contributed by atoms with Crippen LogP contribution < -0.4 is 0 Å². The Kier molecular flexibility index (Phi) is 6.38. The van der Waals surface area contributed by atoms with Gasteiger partial charge in [-0.15, -0.1) is 0 Å². The van der Waals surface area contributed by atoms with Crippen LogP contribution in [0.15, 0.2) is 12.3 Å². The minimum Gasteiger partial charge on any atom is -0.464 e. The van der Waals surface area contributed by atoms with Crippen LogP contribution in [0.4, 0.5) is 4.79 Å². The van der Waals surface area contributed by atoms with E-state index in [-0.39, 0.29) is 5.70 Å². The van der Waals surface area contributed by atoms with Crippen LogP contribution in [0.25, 0.3) is 0 Å². The largest absolute Gasteiger partial charge is 0.464 e. The Labute approximate surface area is 125 Å². The topological polar surface area (TPSA) is 85.3 Å². The summed E-state index contributed by atoms with van der Waals surface area (Å²) in [5.74, 6) is -0.877. The van der Waals surface area contributed by atoms with Gasteiger partial charge >= 0.3 is 12.1 Å². The first-order valence-corrected chi connectivity index (χ1v) is 6.44. The van der Waals surface area contributed by atoms with E-state index in [1.165, 1.54) is 0 Å². The van der Waals surface area contributed by atoms with Gasteiger partial charge in [-0.25, -0.2) is 14.5 Å². The number of hydrogen-bond donors (Lipinski definition) is 1. The summed E-state index contributed by atoms with van der Waals surface area (Å²) in [4.78, 5) is 24.3. The number of methoxy groups -OCH3 is 1. The van der Waals surface area contributed by atoms with Gasteiger partial charge in [0.1, 0.15) is 11.3 Å². The van der Waals surface area contributed by atoms with Crippen molar-refractivity contribution in [1.82, 2.24) is 4.90 Å². The number of amides is 1. The normalized spacial score (nSPS) is 13.3. The molecule has 0 bridgehead atoms. The van der Waals surface area contributed by atoms with E-state index in [1.54, 1.807) is 41.5 Å². The van der Waals surface area contributed by atoms with Crippen molar-refractivity contribution in [3.8, 4) is 0 Å². The molecule has 7 heteroatoms. The molecule has 7 nitrogen and oxygen atoms in total. The maximum Gasteiger partial charge on any atom is 0.419 e. The average molecular weight is 303 g/mol. The lowest BCUT2D eigenvalue weighted by molar-refractivity contribution is -0.223. The van der Waals surface area contributed by atoms with Crippen molar-refractivity contribution in [2.75, 3.05) is 7.11 Å². The van der Waals surface area contributed by atoms with Gasteiger partial charge in [0.05, 0.1) is 12.7 Å². The zero-order chi connectivity index (χ0) is 17.0. The molecule has 0 aromatic rings. The van der Waals surface area contributed by atoms with Gasteiger partial charge in [0.2, 0.25) is 6.41 Å². The predicted molar refractivity (Wildman–Crippen MR) is 76.1 cm³/mol. The van der Waals surface area contributed by atoms with Crippen molar-refractivity contribution in [3.05, 3.63) is 12.3 Å². The third-order valence-electron chi connectivity index (χ3n) is 1.98. The Morgan fingerprint density at radius 2 is 1.57 bits per heavy atom. The number of rotatable bonds is 4. The summed E-state index contributed by atoms with van der Waals surface area (Å²) in [7, 11) is 1.14. The average Bonchev–Trinajstić information content (AvgIpc) is 2.22. The summed E-state index contributed by atoms with van der Waals surface area (Å²) in [6.45, 7) is 13.5. The number of nitrogens with zero attached hydrogens (tertiary/aromatic N) is 1. The number of aliphatic hydroxyl groups is 1. The molecule has 21 heavy (non-hydrogen) atoms. The van der Waals surface area contributed by atoms with Gasteiger partial charge < -0.3 is 19.3 Å². The molecule has 0 rings (SSSR count). The molecule has 0 aliphatic rings. The van der Waals surface area contributed by atoms with E-state index in [2.05, 4.69) is 11.3 Å². The van der Waals surface area contributed by atoms with Crippen LogP contribution in [0, 0.1) is 0 Å². The number of carbonyl (C=O) groups excluding carboxylic acids is 2. The van der Waals surface area contributed by atoms with E-state index in [1.807, 2.05) is 0 Å². The molecule has 0 aliphatic heterocycles. The van der Waals surface area contributed by atoms with Crippen molar-refractivity contribution in [2.24, 2.45) is 0 Å². The van der Waals surface area contributed by atoms with E-state index in [9.17, 15) is 14.7 Å². The molecule has 1 atom stereocenters. The Morgan fingerprint density at radius 3 is 1.90 bits per heavy atom. The second-order valence-corrected chi connectivity index (χ2v) is 6.35. The van der Waals surface area contributed by atoms with Gasteiger partial charge in [-0.2, -0.15) is 0 Å². The minimum atomic E-state index is -1.73. The molecule has 0 fully saturated rings. The molecule has 1 N–H and O–H groups in total. The van der Waals surface area contributed by atoms with Crippen LogP contribution in [0.5, 0.6) is 0 Å². The molecule has 0 aromatic carbocycles. The fourth-order valence-corrected chi connectivity index (χ4v) is 1.23. The molecule has 0 saturated carbocycles. The van der Waals surface area contributed by atoms with Crippen LogP contribution in [0.3, 0.4) is 0 Å². The summed E-state index contributed by atoms with van der Waals surface area (Å²) in [6, 6.07) is 0. The van der Waals surface area contributed by atoms with Crippen LogP contribution in [-0.2, 0) is 19.0 Å². The quantitative estimate of drug-likeness (QED) is 0.486. The molecule has 1 unspecified atom stereocenters. The van der Waals surface area contributed by atoms with Crippen molar-refractivity contribution in [3.63, 3.8) is 0 Å². The third kappa shape index (κ3) is 7.10. The molecule has 0 aliphatic carbocycles. The smallest absolute Gasteiger partial charge is 0.419 e. The van der Waals surface area contributed by atoms with Crippen molar-refractivity contribution < 1.29 is 28.9 Å². The first-order chi connectivity index (χ1) is 9.28. The van der Waals surface area contributed by atoms with Gasteiger partial charge in [-0.1, -0.05) is 6.58 Å². The highest BCUT2D eigenvalue weighted by Gasteiger charge is 2.35. The van der Waals surface area contributed by atoms with Crippen molar-refractivity contribution in [2.45, 2.75) is 59.2 Å². The third-order valence-corrected chi connectivity index (χ3v) is 1.98. The Bertz CT molecular complexity index is 405. The minimum absolute atomic E-state index is 0.386. The second kappa shape index (κ2) is 6.91. The van der Waals surface area contributed by atoms with Gasteiger partial charge in [-0.05, 0) is 41.5 Å². The van der Waals surface area contributed by atoms with Crippen molar-refractivity contribution >= 4 is 12.1 Å². The van der Waals surface area contributed by atoms with E-state index in [0.717, 1.165) is 7.11 Å². The highest BCUT2D eigenvalue weighted by Crippen LogP contribution is 2.20. The highest BCUT2D eigenvalue weighted by molar-refractivity contribution is 5.91. The Balaban J connectivity index is 5.33. The number of esters is 1. The van der Waals surface area contributed by atoms with E-state index < -0.39 is 29.7 Å². The second-order valence-electron chi connectivity index (χ2n) is 6.35. The Morgan fingerprint density at radius 1 is 1.10 bits per heavy atom. The SMILES string of the molecule is C=C(C(=O)OC)N(C(=O)OC(C)(C)C)C(O)OC(C)(C)C. The van der Waals surface area contributed by atoms with Gasteiger partial charge in [-0.3, -0.25) is 0 Å². The molecule has 122 valence electrons. The van der Waals surface area contributed by atoms with Crippen LogP contribution >= 0.6 is 0 Å². The summed E-state index contributed by atoms with van der Waals surface area (Å²) < 4.78 is 14.9. The number of aliphatic hydroxyl groups excluding tert-OH is 1. The standard InChI is InChI=1S/C14H25NO6/c1-9(10(16)19-8)15(11(17)20-13(2,3)4)12(18)21-14(5,6)7/h11,17H,1H2,2-8H3. The molecule has 0 radical (unpaired) electrons. The van der Waals surface area contributed by atoms with Crippen LogP contribution in [0.2, 0.25) is 0 Å². The van der Waals surface area contributed by atoms with Crippen molar-refractivity contribution in [1.29, 1.82) is 0 Å². The summed E-state index contributed by atoms with van der Waals surface area (Å²) >= 11 is 0. The molecule has 0 aromatic heterocycles. The maximum absolute atomic E-state index is 12.1. The molecule has 0 saturated heterocycles. The molecular weight excluding hydrogens is 278 g/mol. The predicted octanol–water partition coefficient (Wildman–Crippen LogP) is 2.00. The van der Waals surface area contributed by atoms with Gasteiger partial charge in [0.25, 0.3) is 0 Å². The lowest BCUT2D eigenvalue weighted by atomic mass is 10.2. The van der Waals surface area contributed by atoms with Gasteiger partial charge in [0, 0.05) is 0 Å². The summed E-state index contributed by atoms with van der Waals surface area (Å²) in [6.07, 6.45) is -2.69. The molecule has 0 spiro atoms. The zero-order valence-electron chi connectivity index (χ0n) is 13.7. The van der Waals surface area contributed by atoms with Crippen LogP contribution in [0.1, 0.15) is 41.5 Å². The maximum atomic E-state index is 12.1. The number of ether oxygens (including phenoxy) is 3. The molecule has 1 amide bonds. The number of carbonyl (C=O) groups is 2. The highest BCUT2D eigenvalue weighted by atomic mass is 16.7. The fourth-order valence-electron chi connectivity index (χ4n) is 1.23. The zero-order valence-corrected chi connectivity index (χ0v) is 13.7. The van der Waals surface area contributed by atoms with E-state index in [0.29, 0.717) is 4.90 Å². The lowest BCUT2D eigenvalue weighted by Gasteiger charge is -2.33.